The molecule has 0 aliphatic carbocycles. The summed E-state index contributed by atoms with van der Waals surface area (Å²) < 4.78 is 13.2. The average Bonchev–Trinajstić information content (AvgIpc) is 3.05. The summed E-state index contributed by atoms with van der Waals surface area (Å²) in [7, 11) is 0. The quantitative estimate of drug-likeness (QED) is 0.695. The Labute approximate surface area is 150 Å². The Morgan fingerprint density at radius 3 is 2.75 bits per heavy atom. The summed E-state index contributed by atoms with van der Waals surface area (Å²) in [6.45, 7) is -0.463. The van der Waals surface area contributed by atoms with Crippen LogP contribution in [0.4, 0.5) is 5.69 Å². The molecular formula is C15H9Cl2N3O3S. The van der Waals surface area contributed by atoms with Gasteiger partial charge in [0.05, 0.1) is 33.0 Å². The summed E-state index contributed by atoms with van der Waals surface area (Å²) in [5.41, 5.74) is 1.87. The van der Waals surface area contributed by atoms with Gasteiger partial charge < -0.3 is 10.1 Å². The number of benzene rings is 2. The fraction of sp³-hybridized carbons (Fsp3) is 0.0667. The number of hydrogen-bond acceptors (Lipinski definition) is 6. The molecule has 1 N–H and O–H groups in total. The lowest BCUT2D eigenvalue weighted by molar-refractivity contribution is -0.119. The van der Waals surface area contributed by atoms with Crippen LogP contribution >= 0.6 is 34.9 Å². The van der Waals surface area contributed by atoms with Crippen LogP contribution in [0.15, 0.2) is 36.4 Å². The Bertz CT molecular complexity index is 929. The van der Waals surface area contributed by atoms with Crippen molar-refractivity contribution in [3.8, 4) is 0 Å². The zero-order chi connectivity index (χ0) is 17.1. The summed E-state index contributed by atoms with van der Waals surface area (Å²) in [4.78, 5) is 24.0. The minimum absolute atomic E-state index is 0.0860. The second-order valence-electron chi connectivity index (χ2n) is 4.66. The second-order valence-corrected chi connectivity index (χ2v) is 5.98. The van der Waals surface area contributed by atoms with Gasteiger partial charge in [-0.2, -0.15) is 8.75 Å². The highest BCUT2D eigenvalue weighted by Gasteiger charge is 2.16. The molecule has 1 amide bonds. The summed E-state index contributed by atoms with van der Waals surface area (Å²) in [6.07, 6.45) is 0. The Hall–Kier alpha value is -2.22. The molecule has 0 unspecified atom stereocenters. The molecule has 0 saturated heterocycles. The Morgan fingerprint density at radius 1 is 1.12 bits per heavy atom. The van der Waals surface area contributed by atoms with Crippen LogP contribution in [0, 0.1) is 0 Å². The van der Waals surface area contributed by atoms with Crippen LogP contribution in [-0.2, 0) is 9.53 Å². The largest absolute Gasteiger partial charge is 0.452 e. The highest BCUT2D eigenvalue weighted by molar-refractivity contribution is 7.00. The zero-order valence-electron chi connectivity index (χ0n) is 12.0. The van der Waals surface area contributed by atoms with E-state index in [-0.39, 0.29) is 15.6 Å². The van der Waals surface area contributed by atoms with Crippen molar-refractivity contribution < 1.29 is 14.3 Å². The van der Waals surface area contributed by atoms with Gasteiger partial charge in [0.25, 0.3) is 5.91 Å². The predicted octanol–water partition coefficient (Wildman–Crippen LogP) is 3.79. The van der Waals surface area contributed by atoms with Crippen LogP contribution in [0.2, 0.25) is 10.0 Å². The van der Waals surface area contributed by atoms with Crippen molar-refractivity contribution in [2.75, 3.05) is 11.9 Å². The van der Waals surface area contributed by atoms with Crippen molar-refractivity contribution in [2.45, 2.75) is 0 Å². The Balaban J connectivity index is 1.64. The molecule has 0 fully saturated rings. The first-order chi connectivity index (χ1) is 11.6. The van der Waals surface area contributed by atoms with E-state index in [9.17, 15) is 9.59 Å². The lowest BCUT2D eigenvalue weighted by atomic mass is 10.2. The SMILES string of the molecule is O=C(COC(=O)c1cccc(Cl)c1Cl)Nc1cccc2nsnc12. The molecule has 3 aromatic rings. The first-order valence-electron chi connectivity index (χ1n) is 6.68. The molecule has 24 heavy (non-hydrogen) atoms. The number of rotatable bonds is 4. The number of hydrogen-bond donors (Lipinski definition) is 1. The lowest BCUT2D eigenvalue weighted by Crippen LogP contribution is -2.21. The molecule has 0 bridgehead atoms. The average molecular weight is 382 g/mol. The molecule has 0 aliphatic heterocycles. The number of halogens is 2. The lowest BCUT2D eigenvalue weighted by Gasteiger charge is -2.08. The van der Waals surface area contributed by atoms with E-state index in [0.29, 0.717) is 16.7 Å². The summed E-state index contributed by atoms with van der Waals surface area (Å²) in [5, 5.41) is 2.95. The van der Waals surface area contributed by atoms with Crippen molar-refractivity contribution in [1.82, 2.24) is 8.75 Å². The summed E-state index contributed by atoms with van der Waals surface area (Å²) in [5.74, 6) is -1.23. The first kappa shape index (κ1) is 16.6. The van der Waals surface area contributed by atoms with Crippen LogP contribution in [0.1, 0.15) is 10.4 Å². The molecule has 0 radical (unpaired) electrons. The Kier molecular flexibility index (Phi) is 4.94. The molecule has 9 heteroatoms. The number of nitrogens with zero attached hydrogens (tertiary/aromatic N) is 2. The number of fused-ring (bicyclic) bond motifs is 1. The number of anilines is 1. The second kappa shape index (κ2) is 7.12. The van der Waals surface area contributed by atoms with Crippen LogP contribution in [0.25, 0.3) is 11.0 Å². The molecule has 2 aromatic carbocycles. The molecule has 0 spiro atoms. The van der Waals surface area contributed by atoms with Gasteiger partial charge in [0.1, 0.15) is 11.0 Å². The van der Waals surface area contributed by atoms with Crippen LogP contribution in [0.5, 0.6) is 0 Å². The van der Waals surface area contributed by atoms with Crippen molar-refractivity contribution >= 4 is 63.5 Å². The maximum absolute atomic E-state index is 12.0. The number of carbonyl (C=O) groups excluding carboxylic acids is 2. The van der Waals surface area contributed by atoms with Crippen molar-refractivity contribution in [3.05, 3.63) is 52.0 Å². The van der Waals surface area contributed by atoms with Gasteiger partial charge in [0.15, 0.2) is 6.61 Å². The van der Waals surface area contributed by atoms with Crippen LogP contribution in [0.3, 0.4) is 0 Å². The molecule has 6 nitrogen and oxygen atoms in total. The maximum atomic E-state index is 12.0. The molecule has 0 saturated carbocycles. The molecular weight excluding hydrogens is 373 g/mol. The number of carbonyl (C=O) groups is 2. The van der Waals surface area contributed by atoms with Gasteiger partial charge in [0, 0.05) is 0 Å². The number of ether oxygens (including phenoxy) is 1. The van der Waals surface area contributed by atoms with Gasteiger partial charge in [-0.1, -0.05) is 35.3 Å². The number of nitrogens with one attached hydrogen (secondary N) is 1. The van der Waals surface area contributed by atoms with Gasteiger partial charge in [-0.25, -0.2) is 4.79 Å². The van der Waals surface area contributed by atoms with Gasteiger partial charge in [-0.05, 0) is 24.3 Å². The van der Waals surface area contributed by atoms with Crippen molar-refractivity contribution in [1.29, 1.82) is 0 Å². The third-order valence-electron chi connectivity index (χ3n) is 3.07. The number of esters is 1. The van der Waals surface area contributed by atoms with Gasteiger partial charge in [-0.15, -0.1) is 0 Å². The monoisotopic (exact) mass is 381 g/mol. The van der Waals surface area contributed by atoms with E-state index in [4.69, 9.17) is 27.9 Å². The highest BCUT2D eigenvalue weighted by Crippen LogP contribution is 2.26. The summed E-state index contributed by atoms with van der Waals surface area (Å²) >= 11 is 12.8. The molecule has 0 atom stereocenters. The third-order valence-corrected chi connectivity index (χ3v) is 4.43. The number of amides is 1. The van der Waals surface area contributed by atoms with Crippen molar-refractivity contribution in [2.24, 2.45) is 0 Å². The molecule has 1 heterocycles. The maximum Gasteiger partial charge on any atom is 0.340 e. The van der Waals surface area contributed by atoms with E-state index in [1.54, 1.807) is 30.3 Å². The standard InChI is InChI=1S/C15H9Cl2N3O3S/c16-9-4-1-3-8(13(9)17)15(22)23-7-12(21)18-10-5-2-6-11-14(10)20-24-19-11/h1-6H,7H2,(H,18,21). The predicted molar refractivity (Wildman–Crippen MR) is 92.8 cm³/mol. The van der Waals surface area contributed by atoms with E-state index in [1.807, 2.05) is 0 Å². The highest BCUT2D eigenvalue weighted by atomic mass is 35.5. The Morgan fingerprint density at radius 2 is 1.92 bits per heavy atom. The van der Waals surface area contributed by atoms with E-state index in [0.717, 1.165) is 11.7 Å². The smallest absolute Gasteiger partial charge is 0.340 e. The van der Waals surface area contributed by atoms with E-state index >= 15 is 0 Å². The fourth-order valence-electron chi connectivity index (χ4n) is 1.96. The topological polar surface area (TPSA) is 81.2 Å². The van der Waals surface area contributed by atoms with Crippen LogP contribution in [-0.4, -0.2) is 27.2 Å². The first-order valence-corrected chi connectivity index (χ1v) is 8.17. The fourth-order valence-corrected chi connectivity index (χ4v) is 2.89. The third kappa shape index (κ3) is 3.48. The van der Waals surface area contributed by atoms with Crippen LogP contribution < -0.4 is 5.32 Å². The molecule has 0 aliphatic rings. The van der Waals surface area contributed by atoms with Gasteiger partial charge >= 0.3 is 5.97 Å². The van der Waals surface area contributed by atoms with E-state index in [1.165, 1.54) is 6.07 Å². The normalized spacial score (nSPS) is 10.6. The van der Waals surface area contributed by atoms with Gasteiger partial charge in [0.2, 0.25) is 0 Å². The zero-order valence-corrected chi connectivity index (χ0v) is 14.3. The van der Waals surface area contributed by atoms with E-state index < -0.39 is 18.5 Å². The number of aromatic nitrogens is 2. The van der Waals surface area contributed by atoms with Crippen molar-refractivity contribution in [3.63, 3.8) is 0 Å². The minimum atomic E-state index is -0.730. The molecule has 1 aromatic heterocycles. The minimum Gasteiger partial charge on any atom is -0.452 e. The van der Waals surface area contributed by atoms with Gasteiger partial charge in [-0.3, -0.25) is 4.79 Å². The summed E-state index contributed by atoms with van der Waals surface area (Å²) in [6, 6.07) is 9.82. The van der Waals surface area contributed by atoms with E-state index in [2.05, 4.69) is 14.1 Å². The molecule has 3 rings (SSSR count). The molecule has 122 valence electrons.